The Morgan fingerprint density at radius 3 is 2.84 bits per heavy atom. The third kappa shape index (κ3) is 5.25. The molecule has 1 fully saturated rings. The molecule has 0 aromatic heterocycles. The van der Waals surface area contributed by atoms with E-state index in [1.54, 1.807) is 11.8 Å². The molecule has 19 heavy (non-hydrogen) atoms. The maximum Gasteiger partial charge on any atom is 0.221 e. The van der Waals surface area contributed by atoms with Crippen molar-refractivity contribution in [1.82, 2.24) is 5.32 Å². The molecule has 0 saturated heterocycles. The van der Waals surface area contributed by atoms with Gasteiger partial charge in [0.25, 0.3) is 0 Å². The summed E-state index contributed by atoms with van der Waals surface area (Å²) in [4.78, 5) is 13.0. The van der Waals surface area contributed by atoms with Gasteiger partial charge in [-0.3, -0.25) is 4.79 Å². The zero-order valence-electron chi connectivity index (χ0n) is 11.0. The van der Waals surface area contributed by atoms with Crippen LogP contribution in [0.2, 0.25) is 0 Å². The fourth-order valence-electron chi connectivity index (χ4n) is 2.37. The molecule has 2 N–H and O–H groups in total. The Morgan fingerprint density at radius 2 is 2.11 bits per heavy atom. The van der Waals surface area contributed by atoms with E-state index in [-0.39, 0.29) is 18.1 Å². The molecule has 0 heterocycles. The summed E-state index contributed by atoms with van der Waals surface area (Å²) in [5, 5.41) is 12.6. The van der Waals surface area contributed by atoms with Crippen molar-refractivity contribution in [1.29, 1.82) is 0 Å². The summed E-state index contributed by atoms with van der Waals surface area (Å²) in [7, 11) is 0. The summed E-state index contributed by atoms with van der Waals surface area (Å²) < 4.78 is 0. The summed E-state index contributed by atoms with van der Waals surface area (Å²) in [6, 6.07) is 10.3. The molecule has 3 nitrogen and oxygen atoms in total. The van der Waals surface area contributed by atoms with Gasteiger partial charge >= 0.3 is 0 Å². The minimum atomic E-state index is -0.238. The average molecular weight is 279 g/mol. The van der Waals surface area contributed by atoms with Gasteiger partial charge in [-0.25, -0.2) is 0 Å². The Labute approximate surface area is 118 Å². The second-order valence-corrected chi connectivity index (χ2v) is 6.16. The van der Waals surface area contributed by atoms with E-state index in [0.29, 0.717) is 12.8 Å². The molecule has 4 heteroatoms. The summed E-state index contributed by atoms with van der Waals surface area (Å²) in [5.74, 6) is 0.896. The van der Waals surface area contributed by atoms with Crippen LogP contribution in [-0.2, 0) is 4.79 Å². The van der Waals surface area contributed by atoms with Gasteiger partial charge < -0.3 is 10.4 Å². The molecule has 0 spiro atoms. The Morgan fingerprint density at radius 1 is 1.32 bits per heavy atom. The van der Waals surface area contributed by atoms with Gasteiger partial charge in [0.1, 0.15) is 0 Å². The van der Waals surface area contributed by atoms with Crippen molar-refractivity contribution in [2.75, 3.05) is 5.75 Å². The van der Waals surface area contributed by atoms with Crippen LogP contribution in [0.5, 0.6) is 0 Å². The lowest BCUT2D eigenvalue weighted by atomic mass is 9.93. The lowest BCUT2D eigenvalue weighted by Gasteiger charge is -2.26. The van der Waals surface area contributed by atoms with Gasteiger partial charge in [-0.15, -0.1) is 11.8 Å². The molecule has 1 aromatic carbocycles. The molecule has 0 aliphatic heterocycles. The standard InChI is InChI=1S/C15H21NO2S/c17-13-6-4-5-12(11-13)16-15(18)9-10-19-14-7-2-1-3-8-14/h1-3,7-8,12-13,17H,4-6,9-11H2,(H,16,18)/t12-,13-/m1/s1. The summed E-state index contributed by atoms with van der Waals surface area (Å²) >= 11 is 1.70. The van der Waals surface area contributed by atoms with E-state index in [4.69, 9.17) is 0 Å². The average Bonchev–Trinajstić information content (AvgIpc) is 2.40. The second-order valence-electron chi connectivity index (χ2n) is 5.00. The van der Waals surface area contributed by atoms with E-state index in [2.05, 4.69) is 17.4 Å². The van der Waals surface area contributed by atoms with Crippen molar-refractivity contribution in [3.8, 4) is 0 Å². The number of carbonyl (C=O) groups is 1. The highest BCUT2D eigenvalue weighted by molar-refractivity contribution is 7.99. The minimum Gasteiger partial charge on any atom is -0.393 e. The molecule has 0 radical (unpaired) electrons. The largest absolute Gasteiger partial charge is 0.393 e. The van der Waals surface area contributed by atoms with Crippen LogP contribution in [0.1, 0.15) is 32.1 Å². The van der Waals surface area contributed by atoms with Gasteiger partial charge in [-0.05, 0) is 37.8 Å². The van der Waals surface area contributed by atoms with Crippen LogP contribution < -0.4 is 5.32 Å². The van der Waals surface area contributed by atoms with Crippen LogP contribution in [0, 0.1) is 0 Å². The first kappa shape index (κ1) is 14.4. The maximum absolute atomic E-state index is 11.8. The smallest absolute Gasteiger partial charge is 0.221 e. The minimum absolute atomic E-state index is 0.0996. The van der Waals surface area contributed by atoms with E-state index in [9.17, 15) is 9.90 Å². The molecule has 0 unspecified atom stereocenters. The number of benzene rings is 1. The van der Waals surface area contributed by atoms with Crippen molar-refractivity contribution >= 4 is 17.7 Å². The number of aliphatic hydroxyl groups excluding tert-OH is 1. The number of aliphatic hydroxyl groups is 1. The second kappa shape index (κ2) is 7.56. The third-order valence-electron chi connectivity index (χ3n) is 3.35. The van der Waals surface area contributed by atoms with E-state index in [0.717, 1.165) is 25.0 Å². The van der Waals surface area contributed by atoms with Crippen molar-refractivity contribution in [3.05, 3.63) is 30.3 Å². The Hall–Kier alpha value is -1.00. The van der Waals surface area contributed by atoms with E-state index in [1.807, 2.05) is 18.2 Å². The zero-order valence-corrected chi connectivity index (χ0v) is 11.9. The van der Waals surface area contributed by atoms with Crippen LogP contribution >= 0.6 is 11.8 Å². The fourth-order valence-corrected chi connectivity index (χ4v) is 3.25. The van der Waals surface area contributed by atoms with Gasteiger partial charge in [0, 0.05) is 23.1 Å². The molecule has 1 aromatic rings. The topological polar surface area (TPSA) is 49.3 Å². The molecular formula is C15H21NO2S. The highest BCUT2D eigenvalue weighted by atomic mass is 32.2. The maximum atomic E-state index is 11.8. The van der Waals surface area contributed by atoms with Crippen molar-refractivity contribution in [2.45, 2.75) is 49.1 Å². The highest BCUT2D eigenvalue weighted by Crippen LogP contribution is 2.20. The van der Waals surface area contributed by atoms with Gasteiger partial charge in [-0.1, -0.05) is 18.2 Å². The van der Waals surface area contributed by atoms with Crippen molar-refractivity contribution in [2.24, 2.45) is 0 Å². The molecule has 2 rings (SSSR count). The Kier molecular flexibility index (Phi) is 5.73. The van der Waals surface area contributed by atoms with Crippen LogP contribution in [0.3, 0.4) is 0 Å². The van der Waals surface area contributed by atoms with E-state index >= 15 is 0 Å². The molecule has 2 atom stereocenters. The first-order valence-corrected chi connectivity index (χ1v) is 7.88. The van der Waals surface area contributed by atoms with Crippen LogP contribution in [0.15, 0.2) is 35.2 Å². The fraction of sp³-hybridized carbons (Fsp3) is 0.533. The van der Waals surface area contributed by atoms with Crippen molar-refractivity contribution in [3.63, 3.8) is 0 Å². The predicted molar refractivity (Wildman–Crippen MR) is 78.2 cm³/mol. The molecule has 1 aliphatic carbocycles. The Balaban J connectivity index is 1.64. The van der Waals surface area contributed by atoms with E-state index in [1.165, 1.54) is 4.90 Å². The number of carbonyl (C=O) groups excluding carboxylic acids is 1. The summed E-state index contributed by atoms with van der Waals surface area (Å²) in [5.41, 5.74) is 0. The summed E-state index contributed by atoms with van der Waals surface area (Å²) in [6.07, 6.45) is 3.87. The molecule has 104 valence electrons. The third-order valence-corrected chi connectivity index (χ3v) is 4.37. The zero-order chi connectivity index (χ0) is 13.5. The SMILES string of the molecule is O=C(CCSc1ccccc1)N[C@@H]1CCC[C@@H](O)C1. The molecule has 0 bridgehead atoms. The number of hydrogen-bond acceptors (Lipinski definition) is 3. The van der Waals surface area contributed by atoms with E-state index < -0.39 is 0 Å². The number of hydrogen-bond donors (Lipinski definition) is 2. The Bertz CT molecular complexity index is 396. The van der Waals surface area contributed by atoms with Crippen LogP contribution in [0.25, 0.3) is 0 Å². The van der Waals surface area contributed by atoms with Crippen LogP contribution in [-0.4, -0.2) is 28.9 Å². The number of nitrogens with one attached hydrogen (secondary N) is 1. The summed E-state index contributed by atoms with van der Waals surface area (Å²) in [6.45, 7) is 0. The molecular weight excluding hydrogens is 258 g/mol. The number of amides is 1. The molecule has 1 saturated carbocycles. The number of rotatable bonds is 5. The molecule has 1 amide bonds. The highest BCUT2D eigenvalue weighted by Gasteiger charge is 2.21. The first-order valence-electron chi connectivity index (χ1n) is 6.89. The normalized spacial score (nSPS) is 23.0. The quantitative estimate of drug-likeness (QED) is 0.815. The van der Waals surface area contributed by atoms with Gasteiger partial charge in [0.15, 0.2) is 0 Å². The lowest BCUT2D eigenvalue weighted by molar-refractivity contribution is -0.121. The predicted octanol–water partition coefficient (Wildman–Crippen LogP) is 2.59. The van der Waals surface area contributed by atoms with Gasteiger partial charge in [-0.2, -0.15) is 0 Å². The first-order chi connectivity index (χ1) is 9.24. The van der Waals surface area contributed by atoms with Gasteiger partial charge in [0.05, 0.1) is 6.10 Å². The molecule has 1 aliphatic rings. The van der Waals surface area contributed by atoms with Gasteiger partial charge in [0.2, 0.25) is 5.91 Å². The monoisotopic (exact) mass is 279 g/mol. The number of thioether (sulfide) groups is 1. The van der Waals surface area contributed by atoms with Crippen LogP contribution in [0.4, 0.5) is 0 Å². The lowest BCUT2D eigenvalue weighted by Crippen LogP contribution is -2.39. The van der Waals surface area contributed by atoms with Crippen molar-refractivity contribution < 1.29 is 9.90 Å².